The lowest BCUT2D eigenvalue weighted by Gasteiger charge is -2.25. The van der Waals surface area contributed by atoms with Crippen molar-refractivity contribution in [2.45, 2.75) is 26.8 Å². The SMILES string of the molecule is CCNCc1ccc(N2CCCN(CCO)CC2)c(C)c1. The molecule has 0 radical (unpaired) electrons. The molecule has 1 fully saturated rings. The second kappa shape index (κ2) is 8.37. The molecule has 0 saturated carbocycles. The minimum absolute atomic E-state index is 0.262. The zero-order valence-corrected chi connectivity index (χ0v) is 13.4. The Morgan fingerprint density at radius 1 is 1.19 bits per heavy atom. The molecule has 0 unspecified atom stereocenters. The summed E-state index contributed by atoms with van der Waals surface area (Å²) < 4.78 is 0. The molecule has 0 spiro atoms. The van der Waals surface area contributed by atoms with E-state index in [4.69, 9.17) is 5.11 Å². The van der Waals surface area contributed by atoms with Crippen molar-refractivity contribution in [1.29, 1.82) is 0 Å². The molecule has 1 aliphatic heterocycles. The molecule has 1 aromatic rings. The van der Waals surface area contributed by atoms with Crippen molar-refractivity contribution in [3.8, 4) is 0 Å². The normalized spacial score (nSPS) is 17.0. The molecule has 0 atom stereocenters. The van der Waals surface area contributed by atoms with Gasteiger partial charge in [0, 0.05) is 38.4 Å². The van der Waals surface area contributed by atoms with Gasteiger partial charge in [0.05, 0.1) is 6.61 Å². The van der Waals surface area contributed by atoms with Crippen LogP contribution >= 0.6 is 0 Å². The molecule has 1 saturated heterocycles. The van der Waals surface area contributed by atoms with E-state index in [9.17, 15) is 0 Å². The number of aliphatic hydroxyl groups is 1. The van der Waals surface area contributed by atoms with Crippen molar-refractivity contribution in [3.63, 3.8) is 0 Å². The van der Waals surface area contributed by atoms with Crippen LogP contribution in [0, 0.1) is 6.92 Å². The standard InChI is InChI=1S/C17H29N3O/c1-3-18-14-16-5-6-17(15(2)13-16)20-8-4-7-19(9-10-20)11-12-21/h5-6,13,18,21H,3-4,7-12,14H2,1-2H3. The van der Waals surface area contributed by atoms with Gasteiger partial charge in [0.1, 0.15) is 0 Å². The van der Waals surface area contributed by atoms with E-state index in [0.717, 1.165) is 45.8 Å². The molecule has 1 aromatic carbocycles. The lowest BCUT2D eigenvalue weighted by Crippen LogP contribution is -2.32. The first-order chi connectivity index (χ1) is 10.2. The molecule has 4 heteroatoms. The Kier molecular flexibility index (Phi) is 6.49. The molecular weight excluding hydrogens is 262 g/mol. The van der Waals surface area contributed by atoms with Crippen LogP contribution in [-0.2, 0) is 6.54 Å². The summed E-state index contributed by atoms with van der Waals surface area (Å²) >= 11 is 0. The van der Waals surface area contributed by atoms with Gasteiger partial charge in [-0.2, -0.15) is 0 Å². The molecule has 1 aliphatic rings. The van der Waals surface area contributed by atoms with Crippen molar-refractivity contribution < 1.29 is 5.11 Å². The summed E-state index contributed by atoms with van der Waals surface area (Å²) in [4.78, 5) is 4.85. The number of hydrogen-bond donors (Lipinski definition) is 2. The number of nitrogens with one attached hydrogen (secondary N) is 1. The first-order valence-electron chi connectivity index (χ1n) is 8.13. The Hall–Kier alpha value is -1.10. The Morgan fingerprint density at radius 3 is 2.76 bits per heavy atom. The third kappa shape index (κ3) is 4.70. The van der Waals surface area contributed by atoms with Crippen LogP contribution in [0.5, 0.6) is 0 Å². The van der Waals surface area contributed by atoms with Crippen molar-refractivity contribution in [3.05, 3.63) is 29.3 Å². The van der Waals surface area contributed by atoms with E-state index in [2.05, 4.69) is 47.2 Å². The highest BCUT2D eigenvalue weighted by atomic mass is 16.3. The molecule has 0 bridgehead atoms. The molecular formula is C17H29N3O. The Balaban J connectivity index is 2.00. The van der Waals surface area contributed by atoms with Crippen LogP contribution in [0.4, 0.5) is 5.69 Å². The van der Waals surface area contributed by atoms with Gasteiger partial charge in [0.2, 0.25) is 0 Å². The minimum atomic E-state index is 0.262. The number of rotatable bonds is 6. The van der Waals surface area contributed by atoms with Gasteiger partial charge in [0.25, 0.3) is 0 Å². The Morgan fingerprint density at radius 2 is 2.05 bits per heavy atom. The summed E-state index contributed by atoms with van der Waals surface area (Å²) in [6.45, 7) is 11.6. The van der Waals surface area contributed by atoms with Crippen LogP contribution in [0.15, 0.2) is 18.2 Å². The quantitative estimate of drug-likeness (QED) is 0.835. The van der Waals surface area contributed by atoms with E-state index < -0.39 is 0 Å². The summed E-state index contributed by atoms with van der Waals surface area (Å²) in [5.74, 6) is 0. The third-order valence-electron chi connectivity index (χ3n) is 4.19. The maximum Gasteiger partial charge on any atom is 0.0558 e. The first-order valence-corrected chi connectivity index (χ1v) is 8.13. The van der Waals surface area contributed by atoms with E-state index >= 15 is 0 Å². The van der Waals surface area contributed by atoms with E-state index in [1.54, 1.807) is 0 Å². The zero-order chi connectivity index (χ0) is 15.1. The fourth-order valence-corrected chi connectivity index (χ4v) is 3.03. The second-order valence-electron chi connectivity index (χ2n) is 5.81. The Bertz CT molecular complexity index is 436. The number of aliphatic hydroxyl groups excluding tert-OH is 1. The van der Waals surface area contributed by atoms with Gasteiger partial charge in [0.15, 0.2) is 0 Å². The van der Waals surface area contributed by atoms with Crippen LogP contribution in [0.3, 0.4) is 0 Å². The summed E-state index contributed by atoms with van der Waals surface area (Å²) in [5, 5.41) is 12.5. The fraction of sp³-hybridized carbons (Fsp3) is 0.647. The van der Waals surface area contributed by atoms with Crippen LogP contribution in [0.25, 0.3) is 0 Å². The van der Waals surface area contributed by atoms with Crippen LogP contribution in [0.1, 0.15) is 24.5 Å². The number of benzene rings is 1. The topological polar surface area (TPSA) is 38.7 Å². The van der Waals surface area contributed by atoms with Crippen LogP contribution in [-0.4, -0.2) is 55.9 Å². The largest absolute Gasteiger partial charge is 0.395 e. The number of β-amino-alcohol motifs (C(OH)–C–C–N with tert-alkyl or cyclic N) is 1. The molecule has 21 heavy (non-hydrogen) atoms. The molecule has 0 aliphatic carbocycles. The molecule has 118 valence electrons. The van der Waals surface area contributed by atoms with Crippen LogP contribution < -0.4 is 10.2 Å². The lowest BCUT2D eigenvalue weighted by atomic mass is 10.1. The molecule has 2 rings (SSSR count). The highest BCUT2D eigenvalue weighted by molar-refractivity contribution is 5.54. The maximum absolute atomic E-state index is 9.08. The zero-order valence-electron chi connectivity index (χ0n) is 13.4. The second-order valence-corrected chi connectivity index (χ2v) is 5.81. The van der Waals surface area contributed by atoms with E-state index in [0.29, 0.717) is 0 Å². The predicted octanol–water partition coefficient (Wildman–Crippen LogP) is 1.61. The number of nitrogens with zero attached hydrogens (tertiary/aromatic N) is 2. The van der Waals surface area contributed by atoms with Gasteiger partial charge in [-0.3, -0.25) is 4.90 Å². The van der Waals surface area contributed by atoms with Crippen molar-refractivity contribution >= 4 is 5.69 Å². The molecule has 0 amide bonds. The molecule has 0 aromatic heterocycles. The van der Waals surface area contributed by atoms with Gasteiger partial charge in [-0.15, -0.1) is 0 Å². The van der Waals surface area contributed by atoms with Crippen molar-refractivity contribution in [2.75, 3.05) is 50.8 Å². The summed E-state index contributed by atoms with van der Waals surface area (Å²) in [5.41, 5.74) is 4.08. The van der Waals surface area contributed by atoms with E-state index in [1.165, 1.54) is 23.2 Å². The Labute approximate surface area is 128 Å². The fourth-order valence-electron chi connectivity index (χ4n) is 3.03. The van der Waals surface area contributed by atoms with Gasteiger partial charge < -0.3 is 15.3 Å². The average molecular weight is 291 g/mol. The average Bonchev–Trinajstić information content (AvgIpc) is 2.71. The predicted molar refractivity (Wildman–Crippen MR) is 88.9 cm³/mol. The smallest absolute Gasteiger partial charge is 0.0558 e. The van der Waals surface area contributed by atoms with E-state index in [1.807, 2.05) is 0 Å². The highest BCUT2D eigenvalue weighted by Gasteiger charge is 2.16. The van der Waals surface area contributed by atoms with Gasteiger partial charge >= 0.3 is 0 Å². The van der Waals surface area contributed by atoms with Crippen LogP contribution in [0.2, 0.25) is 0 Å². The molecule has 4 nitrogen and oxygen atoms in total. The van der Waals surface area contributed by atoms with Crippen molar-refractivity contribution in [2.24, 2.45) is 0 Å². The third-order valence-corrected chi connectivity index (χ3v) is 4.19. The summed E-state index contributed by atoms with van der Waals surface area (Å²) in [6.07, 6.45) is 1.17. The lowest BCUT2D eigenvalue weighted by molar-refractivity contribution is 0.204. The summed E-state index contributed by atoms with van der Waals surface area (Å²) in [7, 11) is 0. The monoisotopic (exact) mass is 291 g/mol. The highest BCUT2D eigenvalue weighted by Crippen LogP contribution is 2.22. The number of hydrogen-bond acceptors (Lipinski definition) is 4. The first kappa shape index (κ1) is 16.3. The van der Waals surface area contributed by atoms with Crippen molar-refractivity contribution in [1.82, 2.24) is 10.2 Å². The van der Waals surface area contributed by atoms with E-state index in [-0.39, 0.29) is 6.61 Å². The minimum Gasteiger partial charge on any atom is -0.395 e. The van der Waals surface area contributed by atoms with Gasteiger partial charge in [-0.25, -0.2) is 0 Å². The number of anilines is 1. The maximum atomic E-state index is 9.08. The molecule has 1 heterocycles. The van der Waals surface area contributed by atoms with Gasteiger partial charge in [-0.05, 0) is 43.6 Å². The summed E-state index contributed by atoms with van der Waals surface area (Å²) in [6, 6.07) is 6.81. The van der Waals surface area contributed by atoms with Gasteiger partial charge in [-0.1, -0.05) is 19.1 Å². The number of aryl methyl sites for hydroxylation is 1. The molecule has 2 N–H and O–H groups in total.